The van der Waals surface area contributed by atoms with Crippen molar-refractivity contribution in [2.45, 2.75) is 44.9 Å². The van der Waals surface area contributed by atoms with Crippen LogP contribution < -0.4 is 0 Å². The number of carbonyl (C=O) groups excluding carboxylic acids is 1. The van der Waals surface area contributed by atoms with Gasteiger partial charge < -0.3 is 14.7 Å². The van der Waals surface area contributed by atoms with Gasteiger partial charge in [0.05, 0.1) is 6.54 Å². The Bertz CT molecular complexity index is 509. The Labute approximate surface area is 124 Å². The summed E-state index contributed by atoms with van der Waals surface area (Å²) in [5.74, 6) is 0.161. The molecule has 5 heteroatoms. The molecule has 1 aliphatic rings. The smallest absolute Gasteiger partial charge is 0.410 e. The first-order valence-electron chi connectivity index (χ1n) is 7.12. The minimum atomic E-state index is -1.44. The normalized spacial score (nSPS) is 22.4. The van der Waals surface area contributed by atoms with E-state index in [0.29, 0.717) is 13.0 Å². The zero-order valence-electron chi connectivity index (χ0n) is 12.7. The van der Waals surface area contributed by atoms with E-state index in [2.05, 4.69) is 0 Å². The van der Waals surface area contributed by atoms with Gasteiger partial charge >= 0.3 is 6.09 Å². The third kappa shape index (κ3) is 4.34. The zero-order valence-corrected chi connectivity index (χ0v) is 12.7. The van der Waals surface area contributed by atoms with Crippen molar-refractivity contribution < 1.29 is 19.0 Å². The lowest BCUT2D eigenvalue weighted by Crippen LogP contribution is -2.38. The molecule has 1 aliphatic heterocycles. The summed E-state index contributed by atoms with van der Waals surface area (Å²) in [6.45, 7) is 5.78. The van der Waals surface area contributed by atoms with Gasteiger partial charge in [0, 0.05) is 19.4 Å². The monoisotopic (exact) mass is 295 g/mol. The van der Waals surface area contributed by atoms with Crippen LogP contribution in [0.4, 0.5) is 9.18 Å². The molecule has 0 saturated carbocycles. The van der Waals surface area contributed by atoms with Crippen molar-refractivity contribution in [2.24, 2.45) is 0 Å². The van der Waals surface area contributed by atoms with Crippen LogP contribution in [0, 0.1) is 0 Å². The fraction of sp³-hybridized carbons (Fsp3) is 0.562. The highest BCUT2D eigenvalue weighted by Gasteiger charge is 2.41. The molecule has 1 amide bonds. The van der Waals surface area contributed by atoms with Crippen molar-refractivity contribution in [3.8, 4) is 5.75 Å². The third-order valence-electron chi connectivity index (χ3n) is 3.41. The molecule has 1 aromatic carbocycles. The van der Waals surface area contributed by atoms with Crippen LogP contribution in [0.15, 0.2) is 24.3 Å². The number of halogens is 1. The Kier molecular flexibility index (Phi) is 4.12. The fourth-order valence-corrected chi connectivity index (χ4v) is 2.44. The van der Waals surface area contributed by atoms with Gasteiger partial charge in [-0.25, -0.2) is 9.18 Å². The highest BCUT2D eigenvalue weighted by Crippen LogP contribution is 2.31. The summed E-state index contributed by atoms with van der Waals surface area (Å²) in [6.07, 6.45) is 0.0624. The van der Waals surface area contributed by atoms with Crippen molar-refractivity contribution in [3.63, 3.8) is 0 Å². The van der Waals surface area contributed by atoms with Gasteiger partial charge in [-0.3, -0.25) is 0 Å². The number of likely N-dealkylation sites (tertiary alicyclic amines) is 1. The molecule has 0 aromatic heterocycles. The number of carbonyl (C=O) groups is 1. The lowest BCUT2D eigenvalue weighted by Gasteiger charge is -2.25. The van der Waals surface area contributed by atoms with Gasteiger partial charge in [-0.1, -0.05) is 12.1 Å². The largest absolute Gasteiger partial charge is 0.508 e. The predicted molar refractivity (Wildman–Crippen MR) is 78.1 cm³/mol. The van der Waals surface area contributed by atoms with Crippen molar-refractivity contribution in [2.75, 3.05) is 13.1 Å². The molecule has 1 aromatic rings. The van der Waals surface area contributed by atoms with E-state index in [4.69, 9.17) is 4.74 Å². The quantitative estimate of drug-likeness (QED) is 0.911. The number of ether oxygens (including phenoxy) is 1. The fourth-order valence-electron chi connectivity index (χ4n) is 2.44. The number of phenols is 1. The lowest BCUT2D eigenvalue weighted by atomic mass is 9.95. The molecule has 0 aliphatic carbocycles. The predicted octanol–water partition coefficient (Wildman–Crippen LogP) is 3.28. The standard InChI is InChI=1S/C16H22FNO3/c1-15(2,3)21-14(20)18-9-8-16(17,11-18)10-12-4-6-13(19)7-5-12/h4-7,19H,8-11H2,1-3H3. The first-order valence-corrected chi connectivity index (χ1v) is 7.12. The van der Waals surface area contributed by atoms with E-state index in [1.807, 2.05) is 0 Å². The molecule has 0 bridgehead atoms. The maximum Gasteiger partial charge on any atom is 0.410 e. The third-order valence-corrected chi connectivity index (χ3v) is 3.41. The molecule has 0 spiro atoms. The highest BCUT2D eigenvalue weighted by atomic mass is 19.1. The molecule has 1 atom stereocenters. The average molecular weight is 295 g/mol. The van der Waals surface area contributed by atoms with Gasteiger partial charge in [0.25, 0.3) is 0 Å². The van der Waals surface area contributed by atoms with E-state index in [1.165, 1.54) is 4.90 Å². The number of alkyl halides is 1. The summed E-state index contributed by atoms with van der Waals surface area (Å²) in [4.78, 5) is 13.4. The van der Waals surface area contributed by atoms with Gasteiger partial charge in [-0.2, -0.15) is 0 Å². The van der Waals surface area contributed by atoms with Crippen LogP contribution in [0.5, 0.6) is 5.75 Å². The molecule has 1 N–H and O–H groups in total. The number of hydrogen-bond donors (Lipinski definition) is 1. The number of rotatable bonds is 2. The Hall–Kier alpha value is -1.78. The van der Waals surface area contributed by atoms with Crippen LogP contribution in [0.3, 0.4) is 0 Å². The highest BCUT2D eigenvalue weighted by molar-refractivity contribution is 5.68. The van der Waals surface area contributed by atoms with Gasteiger partial charge in [-0.05, 0) is 38.5 Å². The second kappa shape index (κ2) is 5.54. The Morgan fingerprint density at radius 2 is 2.00 bits per heavy atom. The number of nitrogens with zero attached hydrogens (tertiary/aromatic N) is 1. The van der Waals surface area contributed by atoms with Crippen LogP contribution >= 0.6 is 0 Å². The second-order valence-corrected chi connectivity index (χ2v) is 6.65. The van der Waals surface area contributed by atoms with Crippen LogP contribution in [0.1, 0.15) is 32.8 Å². The molecular weight excluding hydrogens is 273 g/mol. The van der Waals surface area contributed by atoms with Crippen molar-refractivity contribution in [1.82, 2.24) is 4.90 Å². The topological polar surface area (TPSA) is 49.8 Å². The van der Waals surface area contributed by atoms with Crippen LogP contribution in [-0.2, 0) is 11.2 Å². The van der Waals surface area contributed by atoms with Gasteiger partial charge in [0.1, 0.15) is 17.0 Å². The zero-order chi connectivity index (χ0) is 15.7. The summed E-state index contributed by atoms with van der Waals surface area (Å²) in [5.41, 5.74) is -1.20. The van der Waals surface area contributed by atoms with Crippen LogP contribution in [0.2, 0.25) is 0 Å². The molecule has 4 nitrogen and oxygen atoms in total. The Balaban J connectivity index is 1.96. The second-order valence-electron chi connectivity index (χ2n) is 6.65. The molecule has 116 valence electrons. The van der Waals surface area contributed by atoms with Crippen molar-refractivity contribution in [1.29, 1.82) is 0 Å². The maximum atomic E-state index is 14.8. The summed E-state index contributed by atoms with van der Waals surface area (Å²) in [7, 11) is 0. The van der Waals surface area contributed by atoms with E-state index in [9.17, 15) is 14.3 Å². The number of benzene rings is 1. The molecule has 0 radical (unpaired) electrons. The molecule has 1 saturated heterocycles. The average Bonchev–Trinajstić information content (AvgIpc) is 2.73. The van der Waals surface area contributed by atoms with E-state index < -0.39 is 17.4 Å². The number of phenolic OH excluding ortho intramolecular Hbond substituents is 1. The number of aromatic hydroxyl groups is 1. The van der Waals surface area contributed by atoms with E-state index in [1.54, 1.807) is 45.0 Å². The summed E-state index contributed by atoms with van der Waals surface area (Å²) in [6, 6.07) is 6.48. The van der Waals surface area contributed by atoms with Gasteiger partial charge in [-0.15, -0.1) is 0 Å². The Morgan fingerprint density at radius 1 is 1.38 bits per heavy atom. The molecule has 2 rings (SSSR count). The van der Waals surface area contributed by atoms with E-state index in [0.717, 1.165) is 5.56 Å². The molecule has 1 fully saturated rings. The minimum absolute atomic E-state index is 0.0444. The summed E-state index contributed by atoms with van der Waals surface area (Å²) >= 11 is 0. The van der Waals surface area contributed by atoms with Crippen LogP contribution in [0.25, 0.3) is 0 Å². The lowest BCUT2D eigenvalue weighted by molar-refractivity contribution is 0.0258. The Morgan fingerprint density at radius 3 is 2.57 bits per heavy atom. The van der Waals surface area contributed by atoms with Gasteiger partial charge in [0.2, 0.25) is 0 Å². The van der Waals surface area contributed by atoms with Crippen LogP contribution in [-0.4, -0.2) is 40.5 Å². The summed E-state index contributed by atoms with van der Waals surface area (Å²) < 4.78 is 20.1. The number of amides is 1. The SMILES string of the molecule is CC(C)(C)OC(=O)N1CCC(F)(Cc2ccc(O)cc2)C1. The number of hydrogen-bond acceptors (Lipinski definition) is 3. The van der Waals surface area contributed by atoms with Crippen molar-refractivity contribution in [3.05, 3.63) is 29.8 Å². The van der Waals surface area contributed by atoms with E-state index in [-0.39, 0.29) is 18.7 Å². The minimum Gasteiger partial charge on any atom is -0.508 e. The molecule has 21 heavy (non-hydrogen) atoms. The van der Waals surface area contributed by atoms with E-state index >= 15 is 0 Å². The first kappa shape index (κ1) is 15.6. The van der Waals surface area contributed by atoms with Gasteiger partial charge in [0.15, 0.2) is 0 Å². The molecule has 1 unspecified atom stereocenters. The summed E-state index contributed by atoms with van der Waals surface area (Å²) in [5, 5.41) is 9.24. The van der Waals surface area contributed by atoms with Crippen molar-refractivity contribution >= 4 is 6.09 Å². The first-order chi connectivity index (χ1) is 9.67. The molecule has 1 heterocycles. The molecular formula is C16H22FNO3. The maximum absolute atomic E-state index is 14.8.